The molecule has 1 aromatic rings. The van der Waals surface area contributed by atoms with E-state index in [1.54, 1.807) is 6.08 Å². The van der Waals surface area contributed by atoms with Crippen LogP contribution >= 0.6 is 11.6 Å². The van der Waals surface area contributed by atoms with Gasteiger partial charge in [-0.3, -0.25) is 0 Å². The highest BCUT2D eigenvalue weighted by Crippen LogP contribution is 2.28. The van der Waals surface area contributed by atoms with E-state index in [0.29, 0.717) is 5.75 Å². The van der Waals surface area contributed by atoms with Gasteiger partial charge in [-0.25, -0.2) is 0 Å². The summed E-state index contributed by atoms with van der Waals surface area (Å²) < 4.78 is 5.66. The lowest BCUT2D eigenvalue weighted by atomic mass is 10.1. The zero-order valence-corrected chi connectivity index (χ0v) is 8.89. The van der Waals surface area contributed by atoms with Crippen molar-refractivity contribution in [1.82, 2.24) is 0 Å². The number of hydrogen-bond acceptors (Lipinski definition) is 2. The van der Waals surface area contributed by atoms with E-state index in [4.69, 9.17) is 22.1 Å². The molecule has 15 heavy (non-hydrogen) atoms. The first-order valence-corrected chi connectivity index (χ1v) is 5.13. The molecule has 2 N–H and O–H groups in total. The molecule has 78 valence electrons. The van der Waals surface area contributed by atoms with Crippen LogP contribution in [0.4, 0.5) is 0 Å². The second kappa shape index (κ2) is 4.09. The Morgan fingerprint density at radius 3 is 2.60 bits per heavy atom. The second-order valence-corrected chi connectivity index (χ2v) is 3.97. The first kappa shape index (κ1) is 10.3. The van der Waals surface area contributed by atoms with Crippen LogP contribution in [0, 0.1) is 0 Å². The van der Waals surface area contributed by atoms with Gasteiger partial charge in [0.05, 0.1) is 6.04 Å². The molecular formula is C12H12ClNO. The standard InChI is InChI=1S/C12H12ClNO/c13-12(9-5-4-8-11(12)14)15-10-6-2-1-3-7-10/h1-9,11H,14H2. The Balaban J connectivity index is 2.18. The molecule has 0 aliphatic heterocycles. The van der Waals surface area contributed by atoms with E-state index in [9.17, 15) is 0 Å². The number of benzene rings is 1. The molecule has 2 rings (SSSR count). The number of rotatable bonds is 2. The monoisotopic (exact) mass is 221 g/mol. The number of halogens is 1. The average Bonchev–Trinajstić information content (AvgIpc) is 2.24. The van der Waals surface area contributed by atoms with E-state index in [1.165, 1.54) is 0 Å². The zero-order chi connectivity index (χ0) is 10.7. The van der Waals surface area contributed by atoms with E-state index in [-0.39, 0.29) is 6.04 Å². The van der Waals surface area contributed by atoms with Crippen LogP contribution < -0.4 is 10.5 Å². The summed E-state index contributed by atoms with van der Waals surface area (Å²) in [7, 11) is 0. The van der Waals surface area contributed by atoms with Gasteiger partial charge in [-0.1, -0.05) is 48.0 Å². The SMILES string of the molecule is NC1C=CC=CC1(Cl)Oc1ccccc1. The van der Waals surface area contributed by atoms with Gasteiger partial charge in [-0.2, -0.15) is 0 Å². The molecule has 0 spiro atoms. The number of allylic oxidation sites excluding steroid dienone is 2. The van der Waals surface area contributed by atoms with Crippen LogP contribution in [-0.2, 0) is 0 Å². The van der Waals surface area contributed by atoms with E-state index in [1.807, 2.05) is 48.6 Å². The molecule has 0 saturated carbocycles. The molecule has 1 aromatic carbocycles. The molecule has 0 saturated heterocycles. The molecule has 0 radical (unpaired) electrons. The van der Waals surface area contributed by atoms with Gasteiger partial charge in [0.2, 0.25) is 5.06 Å². The van der Waals surface area contributed by atoms with Gasteiger partial charge >= 0.3 is 0 Å². The number of para-hydroxylation sites is 1. The van der Waals surface area contributed by atoms with Crippen LogP contribution in [0.15, 0.2) is 54.6 Å². The van der Waals surface area contributed by atoms with Gasteiger partial charge in [-0.15, -0.1) is 0 Å². The minimum atomic E-state index is -0.976. The number of alkyl halides is 1. The van der Waals surface area contributed by atoms with E-state index < -0.39 is 5.06 Å². The Hall–Kier alpha value is -1.25. The van der Waals surface area contributed by atoms with Crippen molar-refractivity contribution in [2.24, 2.45) is 5.73 Å². The molecule has 3 heteroatoms. The lowest BCUT2D eigenvalue weighted by molar-refractivity contribution is 0.190. The number of hydrogen-bond donors (Lipinski definition) is 1. The summed E-state index contributed by atoms with van der Waals surface area (Å²) in [5, 5.41) is -0.976. The van der Waals surface area contributed by atoms with Crippen molar-refractivity contribution < 1.29 is 4.74 Å². The van der Waals surface area contributed by atoms with E-state index in [0.717, 1.165) is 0 Å². The topological polar surface area (TPSA) is 35.2 Å². The molecule has 1 aliphatic rings. The maximum atomic E-state index is 6.27. The van der Waals surface area contributed by atoms with Gasteiger partial charge in [-0.05, 0) is 18.2 Å². The number of nitrogens with two attached hydrogens (primary N) is 1. The third-order valence-corrected chi connectivity index (χ3v) is 2.68. The molecule has 1 aliphatic carbocycles. The van der Waals surface area contributed by atoms with Gasteiger partial charge in [0.15, 0.2) is 0 Å². The molecule has 2 unspecified atom stereocenters. The van der Waals surface area contributed by atoms with Crippen LogP contribution in [0.25, 0.3) is 0 Å². The van der Waals surface area contributed by atoms with Crippen LogP contribution in [0.2, 0.25) is 0 Å². The third kappa shape index (κ3) is 2.22. The molecule has 0 amide bonds. The fourth-order valence-corrected chi connectivity index (χ4v) is 1.62. The highest BCUT2D eigenvalue weighted by molar-refractivity contribution is 6.25. The Morgan fingerprint density at radius 1 is 1.20 bits per heavy atom. The largest absolute Gasteiger partial charge is 0.466 e. The summed E-state index contributed by atoms with van der Waals surface area (Å²) in [5.74, 6) is 0.711. The molecule has 0 heterocycles. The van der Waals surface area contributed by atoms with Crippen molar-refractivity contribution in [2.45, 2.75) is 11.1 Å². The van der Waals surface area contributed by atoms with Crippen molar-refractivity contribution >= 4 is 11.6 Å². The van der Waals surface area contributed by atoms with Crippen molar-refractivity contribution in [3.05, 3.63) is 54.6 Å². The van der Waals surface area contributed by atoms with Crippen LogP contribution in [0.5, 0.6) is 5.75 Å². The van der Waals surface area contributed by atoms with Crippen molar-refractivity contribution in [3.63, 3.8) is 0 Å². The summed E-state index contributed by atoms with van der Waals surface area (Å²) in [6.45, 7) is 0. The normalized spacial score (nSPS) is 29.1. The van der Waals surface area contributed by atoms with Gasteiger partial charge in [0, 0.05) is 0 Å². The lowest BCUT2D eigenvalue weighted by Gasteiger charge is -2.30. The molecule has 2 atom stereocenters. The summed E-state index contributed by atoms with van der Waals surface area (Å²) in [5.41, 5.74) is 5.87. The fourth-order valence-electron chi connectivity index (χ4n) is 1.38. The minimum Gasteiger partial charge on any atom is -0.466 e. The smallest absolute Gasteiger partial charge is 0.220 e. The fraction of sp³-hybridized carbons (Fsp3) is 0.167. The van der Waals surface area contributed by atoms with E-state index >= 15 is 0 Å². The van der Waals surface area contributed by atoms with Crippen LogP contribution in [-0.4, -0.2) is 11.1 Å². The maximum Gasteiger partial charge on any atom is 0.220 e. The zero-order valence-electron chi connectivity index (χ0n) is 8.14. The van der Waals surface area contributed by atoms with E-state index in [2.05, 4.69) is 0 Å². The number of ether oxygens (including phenoxy) is 1. The van der Waals surface area contributed by atoms with Gasteiger partial charge < -0.3 is 10.5 Å². The molecule has 0 bridgehead atoms. The van der Waals surface area contributed by atoms with Crippen molar-refractivity contribution in [2.75, 3.05) is 0 Å². The van der Waals surface area contributed by atoms with Crippen molar-refractivity contribution in [3.8, 4) is 5.75 Å². The Labute approximate surface area is 94.0 Å². The Bertz CT molecular complexity index is 388. The quantitative estimate of drug-likeness (QED) is 0.779. The first-order chi connectivity index (χ1) is 7.21. The summed E-state index contributed by atoms with van der Waals surface area (Å²) in [6.07, 6.45) is 7.26. The summed E-state index contributed by atoms with van der Waals surface area (Å²) in [4.78, 5) is 0. The second-order valence-electron chi connectivity index (χ2n) is 3.38. The van der Waals surface area contributed by atoms with Crippen molar-refractivity contribution in [1.29, 1.82) is 0 Å². The molecule has 2 nitrogen and oxygen atoms in total. The molecule has 0 fully saturated rings. The van der Waals surface area contributed by atoms with Crippen LogP contribution in [0.1, 0.15) is 0 Å². The molecule has 0 aromatic heterocycles. The van der Waals surface area contributed by atoms with Gasteiger partial charge in [0.1, 0.15) is 5.75 Å². The first-order valence-electron chi connectivity index (χ1n) is 4.75. The van der Waals surface area contributed by atoms with Crippen LogP contribution in [0.3, 0.4) is 0 Å². The highest BCUT2D eigenvalue weighted by Gasteiger charge is 2.33. The highest BCUT2D eigenvalue weighted by atomic mass is 35.5. The Kier molecular flexibility index (Phi) is 2.80. The lowest BCUT2D eigenvalue weighted by Crippen LogP contribution is -2.46. The van der Waals surface area contributed by atoms with Gasteiger partial charge in [0.25, 0.3) is 0 Å². The summed E-state index contributed by atoms with van der Waals surface area (Å²) >= 11 is 6.27. The Morgan fingerprint density at radius 2 is 1.93 bits per heavy atom. The predicted molar refractivity (Wildman–Crippen MR) is 61.9 cm³/mol. The summed E-state index contributed by atoms with van der Waals surface area (Å²) in [6, 6.07) is 9.06. The third-order valence-electron chi connectivity index (χ3n) is 2.23. The minimum absolute atomic E-state index is 0.343. The maximum absolute atomic E-state index is 6.27. The molecular weight excluding hydrogens is 210 g/mol. The predicted octanol–water partition coefficient (Wildman–Crippen LogP) is 2.45. The average molecular weight is 222 g/mol.